The van der Waals surface area contributed by atoms with Crippen LogP contribution in [0.4, 0.5) is 0 Å². The molecule has 0 spiro atoms. The van der Waals surface area contributed by atoms with Crippen molar-refractivity contribution in [1.29, 1.82) is 0 Å². The number of benzene rings is 2. The van der Waals surface area contributed by atoms with E-state index in [0.29, 0.717) is 11.8 Å². The monoisotopic (exact) mass is 322 g/mol. The van der Waals surface area contributed by atoms with E-state index in [1.807, 2.05) is 30.3 Å². The van der Waals surface area contributed by atoms with E-state index in [9.17, 15) is 0 Å². The molecular weight excluding hydrogens is 298 g/mol. The van der Waals surface area contributed by atoms with Gasteiger partial charge in [-0.1, -0.05) is 61.9 Å². The van der Waals surface area contributed by atoms with Gasteiger partial charge in [-0.2, -0.15) is 0 Å². The zero-order valence-corrected chi connectivity index (χ0v) is 14.1. The Kier molecular flexibility index (Phi) is 5.75. The number of quaternary nitrogens is 1. The second-order valence-corrected chi connectivity index (χ2v) is 6.06. The van der Waals surface area contributed by atoms with Gasteiger partial charge in [0.25, 0.3) is 5.89 Å². The lowest BCUT2D eigenvalue weighted by Gasteiger charge is -2.17. The fourth-order valence-corrected chi connectivity index (χ4v) is 2.79. The molecule has 0 aliphatic carbocycles. The first-order valence-corrected chi connectivity index (χ1v) is 8.60. The first kappa shape index (κ1) is 16.4. The Labute approximate surface area is 143 Å². The highest BCUT2D eigenvalue weighted by Gasteiger charge is 2.16. The summed E-state index contributed by atoms with van der Waals surface area (Å²) in [7, 11) is 0. The molecule has 4 heteroatoms. The Morgan fingerprint density at radius 3 is 2.29 bits per heavy atom. The van der Waals surface area contributed by atoms with Gasteiger partial charge < -0.3 is 9.32 Å². The summed E-state index contributed by atoms with van der Waals surface area (Å²) >= 11 is 0. The average molecular weight is 322 g/mol. The molecule has 4 nitrogen and oxygen atoms in total. The third-order valence-electron chi connectivity index (χ3n) is 4.07. The molecule has 2 aromatic carbocycles. The summed E-state index contributed by atoms with van der Waals surface area (Å²) in [5.41, 5.74) is 2.31. The minimum Gasteiger partial charge on any atom is -0.415 e. The predicted octanol–water partition coefficient (Wildman–Crippen LogP) is 3.12. The third kappa shape index (κ3) is 4.52. The first-order chi connectivity index (χ1) is 11.8. The minimum absolute atomic E-state index is 0.597. The standard InChI is InChI=1S/C20H23N3O/c1-2-3-14-23(15-17-10-6-4-7-11-17)16-19-21-22-20(24-19)18-12-8-5-9-13-18/h4-13H,2-3,14-16H2,1H3/p+1. The van der Waals surface area contributed by atoms with Crippen molar-refractivity contribution in [2.75, 3.05) is 6.54 Å². The largest absolute Gasteiger partial charge is 0.415 e. The lowest BCUT2D eigenvalue weighted by atomic mass is 10.2. The van der Waals surface area contributed by atoms with Gasteiger partial charge >= 0.3 is 0 Å². The SMILES string of the molecule is CCCC[NH+](Cc1ccccc1)Cc1nnc(-c2ccccc2)o1. The van der Waals surface area contributed by atoms with Crippen LogP contribution in [0.15, 0.2) is 65.1 Å². The fourth-order valence-electron chi connectivity index (χ4n) is 2.79. The molecule has 1 unspecified atom stereocenters. The minimum atomic E-state index is 0.597. The Morgan fingerprint density at radius 1 is 0.875 bits per heavy atom. The van der Waals surface area contributed by atoms with Crippen LogP contribution in [0.25, 0.3) is 11.5 Å². The second kappa shape index (κ2) is 8.41. The van der Waals surface area contributed by atoms with Crippen LogP contribution in [-0.4, -0.2) is 16.7 Å². The quantitative estimate of drug-likeness (QED) is 0.693. The van der Waals surface area contributed by atoms with Gasteiger partial charge in [-0.15, -0.1) is 10.2 Å². The van der Waals surface area contributed by atoms with E-state index in [2.05, 4.69) is 47.5 Å². The molecule has 1 aromatic heterocycles. The third-order valence-corrected chi connectivity index (χ3v) is 4.07. The predicted molar refractivity (Wildman–Crippen MR) is 94.3 cm³/mol. The Morgan fingerprint density at radius 2 is 1.58 bits per heavy atom. The van der Waals surface area contributed by atoms with Crippen molar-refractivity contribution in [3.63, 3.8) is 0 Å². The molecule has 1 N–H and O–H groups in total. The van der Waals surface area contributed by atoms with Gasteiger partial charge in [-0.05, 0) is 18.6 Å². The summed E-state index contributed by atoms with van der Waals surface area (Å²) < 4.78 is 5.87. The summed E-state index contributed by atoms with van der Waals surface area (Å²) in [5, 5.41) is 8.44. The van der Waals surface area contributed by atoms with Crippen molar-refractivity contribution in [3.8, 4) is 11.5 Å². The maximum absolute atomic E-state index is 5.87. The highest BCUT2D eigenvalue weighted by atomic mass is 16.4. The Balaban J connectivity index is 1.69. The van der Waals surface area contributed by atoms with Crippen LogP contribution in [0.5, 0.6) is 0 Å². The maximum Gasteiger partial charge on any atom is 0.271 e. The van der Waals surface area contributed by atoms with Gasteiger partial charge in [0.2, 0.25) is 5.89 Å². The van der Waals surface area contributed by atoms with E-state index < -0.39 is 0 Å². The zero-order valence-electron chi connectivity index (χ0n) is 14.1. The molecule has 0 aliphatic heterocycles. The van der Waals surface area contributed by atoms with E-state index in [1.54, 1.807) is 0 Å². The summed E-state index contributed by atoms with van der Waals surface area (Å²) in [5.74, 6) is 1.30. The second-order valence-electron chi connectivity index (χ2n) is 6.06. The number of nitrogens with zero attached hydrogens (tertiary/aromatic N) is 2. The van der Waals surface area contributed by atoms with Gasteiger partial charge in [0.05, 0.1) is 6.54 Å². The Bertz CT molecular complexity index is 725. The zero-order chi connectivity index (χ0) is 16.6. The van der Waals surface area contributed by atoms with E-state index in [1.165, 1.54) is 23.3 Å². The van der Waals surface area contributed by atoms with Crippen molar-refractivity contribution >= 4 is 0 Å². The molecule has 0 aliphatic rings. The molecule has 124 valence electrons. The number of hydrogen-bond donors (Lipinski definition) is 1. The van der Waals surface area contributed by atoms with Gasteiger partial charge in [-0.3, -0.25) is 0 Å². The summed E-state index contributed by atoms with van der Waals surface area (Å²) in [6.07, 6.45) is 2.39. The number of nitrogens with one attached hydrogen (secondary N) is 1. The van der Waals surface area contributed by atoms with Crippen LogP contribution in [-0.2, 0) is 13.1 Å². The lowest BCUT2D eigenvalue weighted by Crippen LogP contribution is -3.09. The van der Waals surface area contributed by atoms with Gasteiger partial charge in [-0.25, -0.2) is 0 Å². The van der Waals surface area contributed by atoms with Gasteiger partial charge in [0, 0.05) is 11.1 Å². The van der Waals surface area contributed by atoms with Crippen molar-refractivity contribution in [3.05, 3.63) is 72.1 Å². The van der Waals surface area contributed by atoms with Crippen LogP contribution in [0, 0.1) is 0 Å². The lowest BCUT2D eigenvalue weighted by molar-refractivity contribution is -0.929. The van der Waals surface area contributed by atoms with Crippen LogP contribution in [0.2, 0.25) is 0 Å². The summed E-state index contributed by atoms with van der Waals surface area (Å²) in [6.45, 7) is 5.06. The van der Waals surface area contributed by atoms with Crippen LogP contribution in [0.1, 0.15) is 31.2 Å². The molecule has 0 saturated carbocycles. The molecule has 1 atom stereocenters. The van der Waals surface area contributed by atoms with Crippen molar-refractivity contribution in [2.24, 2.45) is 0 Å². The number of unbranched alkanes of at least 4 members (excludes halogenated alkanes) is 1. The average Bonchev–Trinajstić information content (AvgIpc) is 3.10. The molecule has 1 heterocycles. The molecule has 3 rings (SSSR count). The van der Waals surface area contributed by atoms with Crippen LogP contribution >= 0.6 is 0 Å². The molecule has 0 fully saturated rings. The highest BCUT2D eigenvalue weighted by molar-refractivity contribution is 5.51. The van der Waals surface area contributed by atoms with E-state index in [0.717, 1.165) is 25.2 Å². The van der Waals surface area contributed by atoms with Crippen LogP contribution in [0.3, 0.4) is 0 Å². The van der Waals surface area contributed by atoms with E-state index in [-0.39, 0.29) is 0 Å². The summed E-state index contributed by atoms with van der Waals surface area (Å²) in [4.78, 5) is 1.45. The molecule has 0 saturated heterocycles. The van der Waals surface area contributed by atoms with Crippen molar-refractivity contribution in [1.82, 2.24) is 10.2 Å². The smallest absolute Gasteiger partial charge is 0.271 e. The first-order valence-electron chi connectivity index (χ1n) is 8.60. The fraction of sp³-hybridized carbons (Fsp3) is 0.300. The highest BCUT2D eigenvalue weighted by Crippen LogP contribution is 2.16. The molecule has 0 bridgehead atoms. The maximum atomic E-state index is 5.87. The van der Waals surface area contributed by atoms with E-state index >= 15 is 0 Å². The van der Waals surface area contributed by atoms with Crippen molar-refractivity contribution in [2.45, 2.75) is 32.9 Å². The molecular formula is C20H24N3O+. The number of hydrogen-bond acceptors (Lipinski definition) is 3. The summed E-state index contributed by atoms with van der Waals surface area (Å²) in [6, 6.07) is 20.5. The van der Waals surface area contributed by atoms with E-state index in [4.69, 9.17) is 4.42 Å². The molecule has 0 radical (unpaired) electrons. The molecule has 0 amide bonds. The normalized spacial score (nSPS) is 12.2. The molecule has 3 aromatic rings. The topological polar surface area (TPSA) is 43.4 Å². The number of aromatic nitrogens is 2. The number of rotatable bonds is 8. The molecule has 24 heavy (non-hydrogen) atoms. The van der Waals surface area contributed by atoms with Crippen molar-refractivity contribution < 1.29 is 9.32 Å². The van der Waals surface area contributed by atoms with Gasteiger partial charge in [0.1, 0.15) is 6.54 Å². The van der Waals surface area contributed by atoms with Crippen LogP contribution < -0.4 is 4.90 Å². The van der Waals surface area contributed by atoms with Gasteiger partial charge in [0.15, 0.2) is 6.54 Å². The Hall–Kier alpha value is -2.46.